The second-order valence-electron chi connectivity index (χ2n) is 14.4. The molecule has 4 amide bonds. The third-order valence-electron chi connectivity index (χ3n) is 9.89. The quantitative estimate of drug-likeness (QED) is 0.202. The van der Waals surface area contributed by atoms with Crippen molar-refractivity contribution in [1.82, 2.24) is 20.4 Å². The molecule has 272 valence electrons. The first-order chi connectivity index (χ1) is 22.6. The molecule has 11 heteroatoms. The van der Waals surface area contributed by atoms with Gasteiger partial charge in [-0.15, -0.1) is 0 Å². The van der Waals surface area contributed by atoms with E-state index >= 15 is 0 Å². The molecule has 1 heterocycles. The molecule has 0 saturated carbocycles. The predicted molar refractivity (Wildman–Crippen MR) is 190 cm³/mol. The minimum Gasteiger partial charge on any atom is -0.379 e. The second-order valence-corrected chi connectivity index (χ2v) is 14.4. The molecule has 2 rings (SSSR count). The fraction of sp³-hybridized carbons (Fsp3) is 0.730. The first kappa shape index (κ1) is 41.2. The van der Waals surface area contributed by atoms with Gasteiger partial charge in [0.05, 0.1) is 42.2 Å². The summed E-state index contributed by atoms with van der Waals surface area (Å²) < 4.78 is 11.9. The highest BCUT2D eigenvalue weighted by Gasteiger charge is 2.43. The van der Waals surface area contributed by atoms with Crippen LogP contribution in [0.5, 0.6) is 0 Å². The average molecular weight is 674 g/mol. The molecule has 7 atom stereocenters. The van der Waals surface area contributed by atoms with Crippen molar-refractivity contribution in [1.29, 1.82) is 0 Å². The van der Waals surface area contributed by atoms with Crippen LogP contribution in [-0.4, -0.2) is 104 Å². The molecule has 2 aliphatic rings. The molecule has 0 aromatic carbocycles. The molecule has 0 aromatic rings. The van der Waals surface area contributed by atoms with E-state index in [1.807, 2.05) is 63.8 Å². The van der Waals surface area contributed by atoms with Crippen LogP contribution in [0, 0.1) is 23.7 Å². The number of hydrogen-bond acceptors (Lipinski definition) is 7. The van der Waals surface area contributed by atoms with Gasteiger partial charge < -0.3 is 35.6 Å². The summed E-state index contributed by atoms with van der Waals surface area (Å²) in [5.74, 6) is -1.28. The number of methoxy groups -OCH3 is 2. The fourth-order valence-electron chi connectivity index (χ4n) is 6.69. The average Bonchev–Trinajstić information content (AvgIpc) is 3.38. The second kappa shape index (κ2) is 19.2. The van der Waals surface area contributed by atoms with Gasteiger partial charge in [0.15, 0.2) is 0 Å². The molecule has 0 spiro atoms. The maximum absolute atomic E-state index is 14.0. The fourth-order valence-corrected chi connectivity index (χ4v) is 6.69. The Morgan fingerprint density at radius 3 is 2.17 bits per heavy atom. The van der Waals surface area contributed by atoms with Crippen molar-refractivity contribution in [3.8, 4) is 0 Å². The van der Waals surface area contributed by atoms with E-state index in [0.717, 1.165) is 25.7 Å². The number of rotatable bonds is 18. The van der Waals surface area contributed by atoms with Gasteiger partial charge in [0.1, 0.15) is 6.04 Å². The number of amides is 4. The molecule has 1 fully saturated rings. The molecule has 11 nitrogen and oxygen atoms in total. The van der Waals surface area contributed by atoms with Gasteiger partial charge in [-0.05, 0) is 50.9 Å². The Morgan fingerprint density at radius 1 is 1.02 bits per heavy atom. The van der Waals surface area contributed by atoms with Gasteiger partial charge in [-0.25, -0.2) is 0 Å². The molecular weight excluding hydrogens is 610 g/mol. The molecule has 1 aliphatic carbocycles. The van der Waals surface area contributed by atoms with Crippen LogP contribution in [0.1, 0.15) is 80.6 Å². The van der Waals surface area contributed by atoms with Gasteiger partial charge >= 0.3 is 0 Å². The van der Waals surface area contributed by atoms with E-state index in [9.17, 15) is 19.2 Å². The van der Waals surface area contributed by atoms with E-state index < -0.39 is 41.7 Å². The molecule has 7 unspecified atom stereocenters. The standard InChI is InChI=1S/C37H63N5O6/c1-11-25(4)32(41(8)35(45)31(24(2)3)40-36(46)37(6,7)38)29(47-9)23-30(43)42-22-16-19-28(42)33(48-10)26(5)34(44)39-21-20-27-17-14-12-13-15-18-27/h12-15,17-18,24-29,31-33H,11,16,19-23,38H2,1-10H3,(H,39,44)(H,40,46). The van der Waals surface area contributed by atoms with E-state index in [4.69, 9.17) is 15.2 Å². The summed E-state index contributed by atoms with van der Waals surface area (Å²) in [7, 11) is 4.87. The summed E-state index contributed by atoms with van der Waals surface area (Å²) in [6, 6.07) is -1.49. The first-order valence-corrected chi connectivity index (χ1v) is 17.6. The zero-order valence-corrected chi connectivity index (χ0v) is 31.0. The highest BCUT2D eigenvalue weighted by atomic mass is 16.5. The van der Waals surface area contributed by atoms with Gasteiger partial charge in [-0.2, -0.15) is 0 Å². The number of nitrogens with zero attached hydrogens (tertiary/aromatic N) is 2. The Hall–Kier alpha value is -3.02. The van der Waals surface area contributed by atoms with E-state index in [1.165, 1.54) is 0 Å². The lowest BCUT2D eigenvalue weighted by Gasteiger charge is -2.41. The van der Waals surface area contributed by atoms with Gasteiger partial charge in [0, 0.05) is 34.4 Å². The third kappa shape index (κ3) is 11.3. The Bertz CT molecular complexity index is 1150. The number of nitrogens with one attached hydrogen (secondary N) is 2. The summed E-state index contributed by atoms with van der Waals surface area (Å²) in [4.78, 5) is 57.4. The number of likely N-dealkylation sites (N-methyl/N-ethyl adjacent to an activating group) is 1. The molecule has 48 heavy (non-hydrogen) atoms. The van der Waals surface area contributed by atoms with Crippen LogP contribution in [0.4, 0.5) is 0 Å². The Morgan fingerprint density at radius 2 is 1.65 bits per heavy atom. The Labute approximate surface area is 289 Å². The van der Waals surface area contributed by atoms with Crippen LogP contribution < -0.4 is 16.4 Å². The van der Waals surface area contributed by atoms with Crippen molar-refractivity contribution in [2.75, 3.05) is 34.4 Å². The van der Waals surface area contributed by atoms with Crippen molar-refractivity contribution in [3.05, 3.63) is 36.5 Å². The zero-order valence-electron chi connectivity index (χ0n) is 31.0. The van der Waals surface area contributed by atoms with Crippen molar-refractivity contribution >= 4 is 23.6 Å². The predicted octanol–water partition coefficient (Wildman–Crippen LogP) is 3.59. The highest BCUT2D eigenvalue weighted by Crippen LogP contribution is 2.29. The number of likely N-dealkylation sites (tertiary alicyclic amines) is 1. The number of hydrogen-bond donors (Lipinski definition) is 3. The van der Waals surface area contributed by atoms with Crippen LogP contribution in [0.3, 0.4) is 0 Å². The molecule has 1 aliphatic heterocycles. The minimum absolute atomic E-state index is 0.00351. The first-order valence-electron chi connectivity index (χ1n) is 17.6. The number of carbonyl (C=O) groups excluding carboxylic acids is 4. The Kier molecular flexibility index (Phi) is 16.5. The summed E-state index contributed by atoms with van der Waals surface area (Å²) in [6.07, 6.45) is 14.3. The van der Waals surface area contributed by atoms with Crippen molar-refractivity contribution < 1.29 is 28.7 Å². The maximum atomic E-state index is 14.0. The molecule has 0 aromatic heterocycles. The lowest BCUT2D eigenvalue weighted by molar-refractivity contribution is -0.147. The van der Waals surface area contributed by atoms with Gasteiger partial charge in [0.2, 0.25) is 23.6 Å². The number of ether oxygens (including phenoxy) is 2. The lowest BCUT2D eigenvalue weighted by Crippen LogP contribution is -2.60. The van der Waals surface area contributed by atoms with Gasteiger partial charge in [-0.3, -0.25) is 19.2 Å². The maximum Gasteiger partial charge on any atom is 0.245 e. The zero-order chi connectivity index (χ0) is 36.2. The van der Waals surface area contributed by atoms with E-state index in [2.05, 4.69) is 22.8 Å². The molecule has 1 saturated heterocycles. The number of nitrogens with two attached hydrogens (primary N) is 1. The van der Waals surface area contributed by atoms with E-state index in [-0.39, 0.29) is 47.9 Å². The summed E-state index contributed by atoms with van der Waals surface area (Å²) in [5.41, 5.74) is 4.87. The lowest BCUT2D eigenvalue weighted by atomic mass is 9.89. The monoisotopic (exact) mass is 673 g/mol. The van der Waals surface area contributed by atoms with Gasteiger partial charge in [-0.1, -0.05) is 77.5 Å². The summed E-state index contributed by atoms with van der Waals surface area (Å²) in [5, 5.41) is 5.91. The number of carbonyl (C=O) groups is 4. The van der Waals surface area contributed by atoms with Crippen molar-refractivity contribution in [2.45, 2.75) is 116 Å². The molecular formula is C37H63N5O6. The minimum atomic E-state index is -1.14. The van der Waals surface area contributed by atoms with E-state index in [0.29, 0.717) is 13.1 Å². The normalized spacial score (nSPS) is 20.5. The molecule has 0 radical (unpaired) electrons. The van der Waals surface area contributed by atoms with Crippen LogP contribution in [-0.2, 0) is 28.7 Å². The SMILES string of the molecule is CCC(C)C(C(CC(=O)N1CCCC1C(OC)C(C)C(=O)NCCC1C=CC=CC=C1)OC)N(C)C(=O)C(NC(=O)C(C)(C)N)C(C)C. The van der Waals surface area contributed by atoms with Crippen LogP contribution in [0.2, 0.25) is 0 Å². The number of allylic oxidation sites excluding steroid dienone is 6. The molecule has 0 bridgehead atoms. The topological polar surface area (TPSA) is 143 Å². The van der Waals surface area contributed by atoms with Crippen LogP contribution in [0.15, 0.2) is 36.5 Å². The summed E-state index contributed by atoms with van der Waals surface area (Å²) >= 11 is 0. The van der Waals surface area contributed by atoms with Crippen molar-refractivity contribution in [3.63, 3.8) is 0 Å². The van der Waals surface area contributed by atoms with Crippen LogP contribution in [0.25, 0.3) is 0 Å². The van der Waals surface area contributed by atoms with Crippen LogP contribution >= 0.6 is 0 Å². The van der Waals surface area contributed by atoms with E-state index in [1.54, 1.807) is 40.0 Å². The highest BCUT2D eigenvalue weighted by molar-refractivity contribution is 5.91. The van der Waals surface area contributed by atoms with Gasteiger partial charge in [0.25, 0.3) is 0 Å². The summed E-state index contributed by atoms with van der Waals surface area (Å²) in [6.45, 7) is 14.0. The molecule has 4 N–H and O–H groups in total. The third-order valence-corrected chi connectivity index (χ3v) is 9.89. The Balaban J connectivity index is 2.17. The largest absolute Gasteiger partial charge is 0.379 e. The smallest absolute Gasteiger partial charge is 0.245 e. The van der Waals surface area contributed by atoms with Crippen molar-refractivity contribution in [2.24, 2.45) is 29.4 Å².